The number of ether oxygens (including phenoxy) is 1. The lowest BCUT2D eigenvalue weighted by atomic mass is 10.3. The Hall–Kier alpha value is -0.680. The van der Waals surface area contributed by atoms with Gasteiger partial charge >= 0.3 is 13.6 Å². The molecule has 0 aromatic carbocycles. The fourth-order valence-corrected chi connectivity index (χ4v) is 1.07. The molecule has 6 nitrogen and oxygen atoms in total. The van der Waals surface area contributed by atoms with Crippen LogP contribution in [-0.2, 0) is 18.6 Å². The first-order valence-electron chi connectivity index (χ1n) is 3.75. The highest BCUT2D eigenvalue weighted by Gasteiger charge is 2.16. The first-order chi connectivity index (χ1) is 6.39. The molecule has 0 aliphatic rings. The number of carboxylic acids is 1. The maximum Gasteiger partial charge on any atom is 0.333 e. The van der Waals surface area contributed by atoms with Crippen LogP contribution in [0.25, 0.3) is 0 Å². The minimum atomic E-state index is -3.56. The summed E-state index contributed by atoms with van der Waals surface area (Å²) in [6, 6.07) is 0. The van der Waals surface area contributed by atoms with E-state index in [1.807, 2.05) is 0 Å². The fourth-order valence-electron chi connectivity index (χ4n) is 0.528. The number of carbonyl (C=O) groups is 1. The van der Waals surface area contributed by atoms with E-state index in [0.29, 0.717) is 0 Å². The molecule has 0 saturated heterocycles. The summed E-state index contributed by atoms with van der Waals surface area (Å²) < 4.78 is 20.0. The van der Waals surface area contributed by atoms with Crippen molar-refractivity contribution in [2.45, 2.75) is 0 Å². The van der Waals surface area contributed by atoms with Crippen molar-refractivity contribution in [2.75, 3.05) is 26.5 Å². The molecule has 0 aromatic rings. The summed E-state index contributed by atoms with van der Waals surface area (Å²) in [7, 11) is -2.44. The topological polar surface area (TPSA) is 93.1 Å². The summed E-state index contributed by atoms with van der Waals surface area (Å²) in [5, 5.41) is 8.38. The molecule has 0 aliphatic heterocycles. The van der Waals surface area contributed by atoms with Gasteiger partial charge in [-0.3, -0.25) is 4.57 Å². The lowest BCUT2D eigenvalue weighted by molar-refractivity contribution is -0.133. The average Bonchev–Trinajstić information content (AvgIpc) is 2.12. The van der Waals surface area contributed by atoms with Crippen LogP contribution in [0, 0.1) is 0 Å². The van der Waals surface area contributed by atoms with Crippen LogP contribution in [0.5, 0.6) is 0 Å². The van der Waals surface area contributed by atoms with E-state index in [0.717, 1.165) is 7.11 Å². The predicted molar refractivity (Wildman–Crippen MR) is 49.3 cm³/mol. The molecule has 14 heavy (non-hydrogen) atoms. The molecule has 0 radical (unpaired) electrons. The van der Waals surface area contributed by atoms with E-state index in [2.05, 4.69) is 11.1 Å². The Bertz CT molecular complexity index is 261. The van der Waals surface area contributed by atoms with Crippen LogP contribution in [0.1, 0.15) is 0 Å². The molecule has 0 amide bonds. The molecule has 1 unspecified atom stereocenters. The zero-order valence-electron chi connectivity index (χ0n) is 7.80. The van der Waals surface area contributed by atoms with Gasteiger partial charge in [0.25, 0.3) is 0 Å². The van der Waals surface area contributed by atoms with Crippen LogP contribution >= 0.6 is 7.60 Å². The van der Waals surface area contributed by atoms with Gasteiger partial charge in [0.1, 0.15) is 0 Å². The van der Waals surface area contributed by atoms with Crippen molar-refractivity contribution in [1.82, 2.24) is 0 Å². The maximum atomic E-state index is 10.9. The molecule has 2 N–H and O–H groups in total. The van der Waals surface area contributed by atoms with Gasteiger partial charge in [0.2, 0.25) is 0 Å². The van der Waals surface area contributed by atoms with Crippen LogP contribution in [0.2, 0.25) is 0 Å². The fraction of sp³-hybridized carbons (Fsp3) is 0.571. The van der Waals surface area contributed by atoms with Crippen molar-refractivity contribution in [3.05, 3.63) is 12.2 Å². The van der Waals surface area contributed by atoms with E-state index >= 15 is 0 Å². The van der Waals surface area contributed by atoms with Crippen LogP contribution in [0.3, 0.4) is 0 Å². The summed E-state index contributed by atoms with van der Waals surface area (Å²) in [6.07, 6.45) is -0.170. The summed E-state index contributed by atoms with van der Waals surface area (Å²) >= 11 is 0. The highest BCUT2D eigenvalue weighted by atomic mass is 31.2. The molecule has 0 aliphatic carbocycles. The molecule has 7 heteroatoms. The Morgan fingerprint density at radius 3 is 2.57 bits per heavy atom. The molecular weight excluding hydrogens is 211 g/mol. The Kier molecular flexibility index (Phi) is 5.64. The first-order valence-corrected chi connectivity index (χ1v) is 5.51. The third-order valence-electron chi connectivity index (χ3n) is 1.38. The average molecular weight is 224 g/mol. The number of carboxylic acid groups (broad SMARTS) is 1. The Balaban J connectivity index is 3.62. The van der Waals surface area contributed by atoms with E-state index in [1.54, 1.807) is 0 Å². The normalized spacial score (nSPS) is 14.7. The van der Waals surface area contributed by atoms with Crippen LogP contribution in [0.15, 0.2) is 12.2 Å². The maximum absolute atomic E-state index is 10.9. The van der Waals surface area contributed by atoms with Crippen molar-refractivity contribution in [2.24, 2.45) is 0 Å². The van der Waals surface area contributed by atoms with Crippen molar-refractivity contribution in [1.29, 1.82) is 0 Å². The Morgan fingerprint density at radius 2 is 2.14 bits per heavy atom. The van der Waals surface area contributed by atoms with Gasteiger partial charge in [-0.2, -0.15) is 0 Å². The summed E-state index contributed by atoms with van der Waals surface area (Å²) in [5.74, 6) is -1.15. The van der Waals surface area contributed by atoms with E-state index in [1.165, 1.54) is 0 Å². The van der Waals surface area contributed by atoms with Gasteiger partial charge in [0.15, 0.2) is 0 Å². The lowest BCUT2D eigenvalue weighted by Gasteiger charge is -2.08. The van der Waals surface area contributed by atoms with Gasteiger partial charge in [-0.05, 0) is 0 Å². The van der Waals surface area contributed by atoms with E-state index < -0.39 is 13.6 Å². The number of hydrogen-bond acceptors (Lipinski definition) is 4. The molecule has 0 bridgehead atoms. The second-order valence-electron chi connectivity index (χ2n) is 2.50. The standard InChI is InChI=1S/C7H13O6P/c1-6(7(8)9)5-13-3-4-14(10,11)12-2/h1,3-5H2,2H3,(H,8,9)(H,10,11). The molecule has 0 heterocycles. The zero-order chi connectivity index (χ0) is 11.2. The summed E-state index contributed by atoms with van der Waals surface area (Å²) in [6.45, 7) is 3.01. The Morgan fingerprint density at radius 1 is 1.57 bits per heavy atom. The minimum Gasteiger partial charge on any atom is -0.478 e. The van der Waals surface area contributed by atoms with Gasteiger partial charge in [-0.1, -0.05) is 6.58 Å². The zero-order valence-corrected chi connectivity index (χ0v) is 8.70. The molecule has 0 rings (SSSR count). The lowest BCUT2D eigenvalue weighted by Crippen LogP contribution is -2.09. The smallest absolute Gasteiger partial charge is 0.333 e. The summed E-state index contributed by atoms with van der Waals surface area (Å²) in [5.41, 5.74) is -0.102. The van der Waals surface area contributed by atoms with Crippen molar-refractivity contribution >= 4 is 13.6 Å². The predicted octanol–water partition coefficient (Wildman–Crippen LogP) is 0.476. The quantitative estimate of drug-likeness (QED) is 0.371. The number of hydrogen-bond donors (Lipinski definition) is 2. The second kappa shape index (κ2) is 5.93. The van der Waals surface area contributed by atoms with Crippen molar-refractivity contribution in [3.8, 4) is 0 Å². The number of aliphatic carboxylic acids is 1. The van der Waals surface area contributed by atoms with Gasteiger partial charge < -0.3 is 19.3 Å². The Labute approximate surface area is 81.7 Å². The van der Waals surface area contributed by atoms with Crippen LogP contribution in [0.4, 0.5) is 0 Å². The molecule has 0 fully saturated rings. The van der Waals surface area contributed by atoms with Gasteiger partial charge in [0.05, 0.1) is 24.9 Å². The molecule has 1 atom stereocenters. The second-order valence-corrected chi connectivity index (χ2v) is 4.59. The van der Waals surface area contributed by atoms with Crippen molar-refractivity contribution < 1.29 is 28.6 Å². The molecule has 82 valence electrons. The van der Waals surface area contributed by atoms with Gasteiger partial charge in [0, 0.05) is 7.11 Å². The highest BCUT2D eigenvalue weighted by molar-refractivity contribution is 7.52. The largest absolute Gasteiger partial charge is 0.478 e. The molecular formula is C7H13O6P. The van der Waals surface area contributed by atoms with E-state index in [-0.39, 0.29) is 24.9 Å². The van der Waals surface area contributed by atoms with Gasteiger partial charge in [-0.25, -0.2) is 4.79 Å². The molecule has 0 spiro atoms. The van der Waals surface area contributed by atoms with Crippen LogP contribution < -0.4 is 0 Å². The minimum absolute atomic E-state index is 0.0477. The van der Waals surface area contributed by atoms with Crippen molar-refractivity contribution in [3.63, 3.8) is 0 Å². The summed E-state index contributed by atoms with van der Waals surface area (Å²) in [4.78, 5) is 19.2. The van der Waals surface area contributed by atoms with Crippen LogP contribution in [-0.4, -0.2) is 42.5 Å². The molecule has 0 saturated carbocycles. The van der Waals surface area contributed by atoms with Gasteiger partial charge in [-0.15, -0.1) is 0 Å². The van der Waals surface area contributed by atoms with E-state index in [9.17, 15) is 9.36 Å². The number of rotatable bonds is 7. The van der Waals surface area contributed by atoms with E-state index in [4.69, 9.17) is 14.7 Å². The SMILES string of the molecule is C=C(COCCP(=O)(O)OC)C(=O)O. The first kappa shape index (κ1) is 13.3. The third kappa shape index (κ3) is 5.88. The monoisotopic (exact) mass is 224 g/mol. The highest BCUT2D eigenvalue weighted by Crippen LogP contribution is 2.39. The third-order valence-corrected chi connectivity index (χ3v) is 2.70. The molecule has 0 aromatic heterocycles.